The van der Waals surface area contributed by atoms with E-state index in [-0.39, 0.29) is 5.54 Å². The Kier molecular flexibility index (Phi) is 5.33. The molecule has 5 heteroatoms. The van der Waals surface area contributed by atoms with Gasteiger partial charge in [0.2, 0.25) is 0 Å². The molecule has 0 saturated carbocycles. The predicted molar refractivity (Wildman–Crippen MR) is 121 cm³/mol. The first-order valence-electron chi connectivity index (χ1n) is 9.01. The Hall–Kier alpha value is -2.66. The molecule has 1 aliphatic heterocycles. The molecule has 1 heterocycles. The normalized spacial score (nSPS) is 15.3. The third-order valence-corrected chi connectivity index (χ3v) is 5.20. The van der Waals surface area contributed by atoms with E-state index in [2.05, 4.69) is 73.7 Å². The lowest BCUT2D eigenvalue weighted by Crippen LogP contribution is -2.42. The minimum atomic E-state index is 0.00990. The second-order valence-electron chi connectivity index (χ2n) is 7.46. The zero-order valence-corrected chi connectivity index (χ0v) is 17.3. The maximum Gasteiger partial charge on any atom is 0.191 e. The second kappa shape index (κ2) is 7.53. The molecule has 0 spiro atoms. The van der Waals surface area contributed by atoms with Gasteiger partial charge in [-0.05, 0) is 80.9 Å². The van der Waals surface area contributed by atoms with E-state index in [1.54, 1.807) is 0 Å². The number of benzene rings is 2. The lowest BCUT2D eigenvalue weighted by molar-refractivity contribution is 0.597. The van der Waals surface area contributed by atoms with Crippen molar-refractivity contribution in [1.82, 2.24) is 5.43 Å². The summed E-state index contributed by atoms with van der Waals surface area (Å²) >= 11 is 5.29. The zero-order valence-electron chi connectivity index (χ0n) is 16.5. The number of hydrogen-bond donors (Lipinski definition) is 2. The van der Waals surface area contributed by atoms with E-state index >= 15 is 0 Å². The van der Waals surface area contributed by atoms with Crippen LogP contribution in [0.25, 0.3) is 5.57 Å². The quantitative estimate of drug-likeness (QED) is 0.450. The summed E-state index contributed by atoms with van der Waals surface area (Å²) in [5, 5.41) is 7.88. The number of aryl methyl sites for hydroxylation is 1. The molecule has 0 radical (unpaired) electrons. The van der Waals surface area contributed by atoms with Crippen molar-refractivity contribution in [3.05, 3.63) is 65.2 Å². The molecule has 140 valence electrons. The molecule has 0 saturated heterocycles. The van der Waals surface area contributed by atoms with Crippen LogP contribution in [0.4, 0.5) is 11.4 Å². The topological polar surface area (TPSA) is 39.7 Å². The van der Waals surface area contributed by atoms with Gasteiger partial charge in [-0.2, -0.15) is 5.10 Å². The average Bonchev–Trinajstić information content (AvgIpc) is 2.61. The largest absolute Gasteiger partial charge is 0.365 e. The molecular weight excluding hydrogens is 352 g/mol. The Morgan fingerprint density at radius 3 is 2.56 bits per heavy atom. The Labute approximate surface area is 167 Å². The number of nitrogens with zero attached hydrogens (tertiary/aromatic N) is 2. The summed E-state index contributed by atoms with van der Waals surface area (Å²) in [6.07, 6.45) is 4.13. The fourth-order valence-electron chi connectivity index (χ4n) is 3.30. The van der Waals surface area contributed by atoms with Crippen LogP contribution in [-0.4, -0.2) is 23.9 Å². The number of rotatable bonds is 3. The van der Waals surface area contributed by atoms with Crippen molar-refractivity contribution in [3.63, 3.8) is 0 Å². The van der Waals surface area contributed by atoms with Crippen LogP contribution in [-0.2, 0) is 0 Å². The van der Waals surface area contributed by atoms with Gasteiger partial charge in [-0.1, -0.05) is 24.3 Å². The highest BCUT2D eigenvalue weighted by atomic mass is 32.1. The summed E-state index contributed by atoms with van der Waals surface area (Å²) in [5.41, 5.74) is 9.87. The minimum Gasteiger partial charge on any atom is -0.365 e. The molecule has 0 aliphatic carbocycles. The number of hydrogen-bond acceptors (Lipinski definition) is 3. The van der Waals surface area contributed by atoms with Crippen molar-refractivity contribution in [2.45, 2.75) is 33.2 Å². The van der Waals surface area contributed by atoms with E-state index in [0.717, 1.165) is 11.3 Å². The number of thiocarbonyl (C=S) groups is 1. The van der Waals surface area contributed by atoms with Crippen LogP contribution >= 0.6 is 12.2 Å². The van der Waals surface area contributed by atoms with E-state index in [0.29, 0.717) is 5.11 Å². The molecule has 2 N–H and O–H groups in total. The molecule has 0 atom stereocenters. The van der Waals surface area contributed by atoms with E-state index in [1.165, 1.54) is 22.4 Å². The van der Waals surface area contributed by atoms with Crippen molar-refractivity contribution >= 4 is 40.5 Å². The van der Waals surface area contributed by atoms with Crippen LogP contribution in [0.1, 0.15) is 37.5 Å². The van der Waals surface area contributed by atoms with E-state index in [4.69, 9.17) is 12.2 Å². The number of anilines is 2. The van der Waals surface area contributed by atoms with Crippen LogP contribution in [0.15, 0.2) is 53.6 Å². The summed E-state index contributed by atoms with van der Waals surface area (Å²) in [4.78, 5) is 2.32. The molecule has 27 heavy (non-hydrogen) atoms. The van der Waals surface area contributed by atoms with Crippen LogP contribution in [0.5, 0.6) is 0 Å². The van der Waals surface area contributed by atoms with E-state index < -0.39 is 0 Å². The molecule has 4 nitrogen and oxygen atoms in total. The van der Waals surface area contributed by atoms with Crippen molar-refractivity contribution in [1.29, 1.82) is 0 Å². The lowest BCUT2D eigenvalue weighted by Gasteiger charge is -2.41. The van der Waals surface area contributed by atoms with Gasteiger partial charge < -0.3 is 10.2 Å². The Morgan fingerprint density at radius 1 is 1.15 bits per heavy atom. The number of para-hydroxylation sites is 1. The maximum atomic E-state index is 5.29. The van der Waals surface area contributed by atoms with Crippen molar-refractivity contribution in [3.8, 4) is 0 Å². The molecule has 0 fully saturated rings. The van der Waals surface area contributed by atoms with Crippen molar-refractivity contribution < 1.29 is 0 Å². The SMILES string of the molecule is CC1=CC(C)(C)N(C)c2cc(C)c(/C=N\NC(=S)Nc3ccccc3)cc21. The minimum absolute atomic E-state index is 0.00990. The number of likely N-dealkylation sites (N-methyl/N-ethyl adjacent to an activating group) is 1. The molecule has 1 aliphatic rings. The first-order valence-corrected chi connectivity index (χ1v) is 9.42. The van der Waals surface area contributed by atoms with Gasteiger partial charge in [0.25, 0.3) is 0 Å². The highest BCUT2D eigenvalue weighted by molar-refractivity contribution is 7.80. The van der Waals surface area contributed by atoms with Crippen LogP contribution in [0, 0.1) is 6.92 Å². The first kappa shape index (κ1) is 19.1. The van der Waals surface area contributed by atoms with Gasteiger partial charge >= 0.3 is 0 Å². The van der Waals surface area contributed by atoms with Crippen molar-refractivity contribution in [2.75, 3.05) is 17.3 Å². The zero-order chi connectivity index (χ0) is 19.6. The summed E-state index contributed by atoms with van der Waals surface area (Å²) in [6.45, 7) is 8.74. The summed E-state index contributed by atoms with van der Waals surface area (Å²) in [5.74, 6) is 0. The smallest absolute Gasteiger partial charge is 0.191 e. The van der Waals surface area contributed by atoms with Gasteiger partial charge in [-0.25, -0.2) is 0 Å². The molecule has 0 unspecified atom stereocenters. The molecule has 0 aromatic heterocycles. The standard InChI is InChI=1S/C22H26N4S/c1-15-11-20-19(16(2)13-22(3,4)26(20)5)12-17(15)14-23-25-21(27)24-18-9-7-6-8-10-18/h6-14H,1-5H3,(H2,24,25,27)/b23-14-. The van der Waals surface area contributed by atoms with Gasteiger partial charge in [0.15, 0.2) is 5.11 Å². The number of fused-ring (bicyclic) bond motifs is 1. The van der Waals surface area contributed by atoms with Crippen LogP contribution in [0.3, 0.4) is 0 Å². The molecule has 2 aromatic rings. The Morgan fingerprint density at radius 2 is 1.85 bits per heavy atom. The number of hydrazone groups is 1. The predicted octanol–water partition coefficient (Wildman–Crippen LogP) is 4.95. The molecular formula is C22H26N4S. The summed E-state index contributed by atoms with van der Waals surface area (Å²) in [7, 11) is 2.14. The molecule has 0 amide bonds. The average molecular weight is 379 g/mol. The van der Waals surface area contributed by atoms with Crippen LogP contribution in [0.2, 0.25) is 0 Å². The van der Waals surface area contributed by atoms with Crippen LogP contribution < -0.4 is 15.6 Å². The third-order valence-electron chi connectivity index (χ3n) is 5.01. The molecule has 3 rings (SSSR count). The fraction of sp³-hybridized carbons (Fsp3) is 0.273. The number of allylic oxidation sites excluding steroid dienone is 1. The molecule has 0 bridgehead atoms. The highest BCUT2D eigenvalue weighted by Gasteiger charge is 2.28. The third kappa shape index (κ3) is 4.19. The highest BCUT2D eigenvalue weighted by Crippen LogP contribution is 2.38. The van der Waals surface area contributed by atoms with E-state index in [1.807, 2.05) is 36.5 Å². The van der Waals surface area contributed by atoms with Gasteiger partial charge in [0.05, 0.1) is 11.8 Å². The summed E-state index contributed by atoms with van der Waals surface area (Å²) < 4.78 is 0. The van der Waals surface area contributed by atoms with Gasteiger partial charge in [-0.3, -0.25) is 5.43 Å². The summed E-state index contributed by atoms with van der Waals surface area (Å²) in [6, 6.07) is 14.2. The van der Waals surface area contributed by atoms with Crippen molar-refractivity contribution in [2.24, 2.45) is 5.10 Å². The maximum absolute atomic E-state index is 5.29. The molecule has 2 aromatic carbocycles. The lowest BCUT2D eigenvalue weighted by atomic mass is 9.87. The monoisotopic (exact) mass is 378 g/mol. The Bertz CT molecular complexity index is 913. The van der Waals surface area contributed by atoms with Gasteiger partial charge in [0, 0.05) is 24.0 Å². The van der Waals surface area contributed by atoms with Gasteiger partial charge in [0.1, 0.15) is 0 Å². The first-order chi connectivity index (χ1) is 12.8. The van der Waals surface area contributed by atoms with E-state index in [9.17, 15) is 0 Å². The fourth-order valence-corrected chi connectivity index (χ4v) is 3.47. The number of nitrogens with one attached hydrogen (secondary N) is 2. The Balaban J connectivity index is 1.76. The second-order valence-corrected chi connectivity index (χ2v) is 7.86. The van der Waals surface area contributed by atoms with Gasteiger partial charge in [-0.15, -0.1) is 0 Å².